The molecule has 0 saturated carbocycles. The molecule has 0 bridgehead atoms. The van der Waals surface area contributed by atoms with Crippen molar-refractivity contribution in [2.45, 2.75) is 26.1 Å². The standard InChI is InChI=1S/C18H14F3N3O3/c1-4-7-23-14-8-12(5-6-15(14)27-11(3)17(23)26)24-16(25)10(2)13(9-22-24)18(19,20)21/h1,5-6,8-9,11H,7H2,2-3H3. The molecule has 0 spiro atoms. The Morgan fingerprint density at radius 3 is 2.67 bits per heavy atom. The maximum Gasteiger partial charge on any atom is 0.418 e. The second-order valence-electron chi connectivity index (χ2n) is 5.94. The maximum atomic E-state index is 12.9. The Morgan fingerprint density at radius 2 is 2.04 bits per heavy atom. The minimum Gasteiger partial charge on any atom is -0.479 e. The van der Waals surface area contributed by atoms with E-state index < -0.39 is 29.0 Å². The molecule has 0 N–H and O–H groups in total. The fraction of sp³-hybridized carbons (Fsp3) is 0.278. The van der Waals surface area contributed by atoms with Crippen LogP contribution in [0.25, 0.3) is 5.69 Å². The number of nitrogens with zero attached hydrogens (tertiary/aromatic N) is 3. The summed E-state index contributed by atoms with van der Waals surface area (Å²) in [5.74, 6) is 2.39. The van der Waals surface area contributed by atoms with Crippen LogP contribution in [0, 0.1) is 19.3 Å². The number of benzene rings is 1. The molecule has 6 nitrogen and oxygen atoms in total. The lowest BCUT2D eigenvalue weighted by molar-refractivity contribution is -0.138. The van der Waals surface area contributed by atoms with Crippen LogP contribution in [-0.2, 0) is 11.0 Å². The number of aromatic nitrogens is 2. The van der Waals surface area contributed by atoms with E-state index in [1.54, 1.807) is 6.92 Å². The Balaban J connectivity index is 2.14. The minimum atomic E-state index is -4.68. The second-order valence-corrected chi connectivity index (χ2v) is 5.94. The van der Waals surface area contributed by atoms with E-state index in [0.29, 0.717) is 17.6 Å². The summed E-state index contributed by atoms with van der Waals surface area (Å²) in [5.41, 5.74) is -1.98. The highest BCUT2D eigenvalue weighted by molar-refractivity contribution is 6.00. The molecule has 2 aromatic rings. The highest BCUT2D eigenvalue weighted by Gasteiger charge is 2.35. The minimum absolute atomic E-state index is 0.0165. The molecule has 27 heavy (non-hydrogen) atoms. The van der Waals surface area contributed by atoms with Crippen molar-refractivity contribution < 1.29 is 22.7 Å². The Morgan fingerprint density at radius 1 is 1.33 bits per heavy atom. The summed E-state index contributed by atoms with van der Waals surface area (Å²) < 4.78 is 45.2. The van der Waals surface area contributed by atoms with Gasteiger partial charge in [-0.2, -0.15) is 23.0 Å². The summed E-state index contributed by atoms with van der Waals surface area (Å²) >= 11 is 0. The van der Waals surface area contributed by atoms with E-state index in [-0.39, 0.29) is 18.1 Å². The Hall–Kier alpha value is -3.28. The van der Waals surface area contributed by atoms with E-state index in [2.05, 4.69) is 11.0 Å². The van der Waals surface area contributed by atoms with Crippen LogP contribution in [0.2, 0.25) is 0 Å². The highest BCUT2D eigenvalue weighted by Crippen LogP contribution is 2.35. The first kappa shape index (κ1) is 18.5. The van der Waals surface area contributed by atoms with Gasteiger partial charge in [-0.25, -0.2) is 0 Å². The van der Waals surface area contributed by atoms with Crippen molar-refractivity contribution in [1.29, 1.82) is 0 Å². The number of hydrogen-bond donors (Lipinski definition) is 0. The topological polar surface area (TPSA) is 64.4 Å². The van der Waals surface area contributed by atoms with Crippen molar-refractivity contribution in [2.75, 3.05) is 11.4 Å². The van der Waals surface area contributed by atoms with Crippen LogP contribution in [0.3, 0.4) is 0 Å². The molecule has 3 rings (SSSR count). The molecule has 1 aliphatic rings. The average molecular weight is 377 g/mol. The molecule has 1 aliphatic heterocycles. The molecule has 9 heteroatoms. The van der Waals surface area contributed by atoms with Gasteiger partial charge in [0.2, 0.25) is 0 Å². The number of terminal acetylenes is 1. The quantitative estimate of drug-likeness (QED) is 0.754. The number of carbonyl (C=O) groups is 1. The number of anilines is 1. The predicted octanol–water partition coefficient (Wildman–Crippen LogP) is 2.31. The molecule has 1 aromatic carbocycles. The van der Waals surface area contributed by atoms with Gasteiger partial charge < -0.3 is 4.74 Å². The monoisotopic (exact) mass is 377 g/mol. The molecule has 1 aromatic heterocycles. The fourth-order valence-electron chi connectivity index (χ4n) is 2.79. The van der Waals surface area contributed by atoms with Crippen LogP contribution in [-0.4, -0.2) is 28.3 Å². The van der Waals surface area contributed by atoms with E-state index in [9.17, 15) is 22.8 Å². The van der Waals surface area contributed by atoms with E-state index >= 15 is 0 Å². The summed E-state index contributed by atoms with van der Waals surface area (Å²) in [6, 6.07) is 4.41. The van der Waals surface area contributed by atoms with E-state index in [1.807, 2.05) is 0 Å². The van der Waals surface area contributed by atoms with Crippen LogP contribution >= 0.6 is 0 Å². The summed E-state index contributed by atoms with van der Waals surface area (Å²) in [5, 5.41) is 3.63. The van der Waals surface area contributed by atoms with Gasteiger partial charge in [-0.3, -0.25) is 14.5 Å². The van der Waals surface area contributed by atoms with Crippen LogP contribution in [0.4, 0.5) is 18.9 Å². The van der Waals surface area contributed by atoms with E-state index in [1.165, 1.54) is 23.1 Å². The van der Waals surface area contributed by atoms with Gasteiger partial charge in [0, 0.05) is 5.56 Å². The predicted molar refractivity (Wildman–Crippen MR) is 90.8 cm³/mol. The van der Waals surface area contributed by atoms with Gasteiger partial charge in [-0.05, 0) is 32.0 Å². The normalized spacial score (nSPS) is 16.5. The zero-order valence-electron chi connectivity index (χ0n) is 14.4. The molecule has 1 atom stereocenters. The molecule has 2 heterocycles. The van der Waals surface area contributed by atoms with Gasteiger partial charge >= 0.3 is 6.18 Å². The van der Waals surface area contributed by atoms with E-state index in [0.717, 1.165) is 11.6 Å². The largest absolute Gasteiger partial charge is 0.479 e. The summed E-state index contributed by atoms with van der Waals surface area (Å²) in [4.78, 5) is 26.0. The van der Waals surface area contributed by atoms with Crippen molar-refractivity contribution in [3.05, 3.63) is 45.9 Å². The smallest absolute Gasteiger partial charge is 0.418 e. The van der Waals surface area contributed by atoms with Gasteiger partial charge in [0.1, 0.15) is 5.75 Å². The molecule has 0 fully saturated rings. The third-order valence-corrected chi connectivity index (χ3v) is 4.17. The van der Waals surface area contributed by atoms with Crippen molar-refractivity contribution in [3.63, 3.8) is 0 Å². The lowest BCUT2D eigenvalue weighted by atomic mass is 10.1. The first-order valence-electron chi connectivity index (χ1n) is 7.87. The van der Waals surface area contributed by atoms with Crippen LogP contribution in [0.15, 0.2) is 29.2 Å². The molecular formula is C18H14F3N3O3. The zero-order chi connectivity index (χ0) is 19.9. The Labute approximate surface area is 152 Å². The van der Waals surface area contributed by atoms with Crippen molar-refractivity contribution in [1.82, 2.24) is 9.78 Å². The lowest BCUT2D eigenvalue weighted by Gasteiger charge is -2.32. The average Bonchev–Trinajstić information content (AvgIpc) is 2.60. The van der Waals surface area contributed by atoms with Gasteiger partial charge in [-0.15, -0.1) is 6.42 Å². The van der Waals surface area contributed by atoms with Crippen molar-refractivity contribution in [3.8, 4) is 23.8 Å². The second kappa shape index (κ2) is 6.46. The summed E-state index contributed by atoms with van der Waals surface area (Å²) in [7, 11) is 0. The number of hydrogen-bond acceptors (Lipinski definition) is 4. The number of rotatable bonds is 2. The van der Waals surface area contributed by atoms with Gasteiger partial charge in [0.05, 0.1) is 29.7 Å². The van der Waals surface area contributed by atoms with E-state index in [4.69, 9.17) is 11.2 Å². The molecule has 1 amide bonds. The third kappa shape index (κ3) is 3.14. The Kier molecular flexibility index (Phi) is 4.43. The molecule has 1 unspecified atom stereocenters. The molecular weight excluding hydrogens is 363 g/mol. The van der Waals surface area contributed by atoms with Gasteiger partial charge in [0.25, 0.3) is 11.5 Å². The third-order valence-electron chi connectivity index (χ3n) is 4.17. The summed E-state index contributed by atoms with van der Waals surface area (Å²) in [6.07, 6.45) is 0.506. The number of alkyl halides is 3. The van der Waals surface area contributed by atoms with Gasteiger partial charge in [0.15, 0.2) is 6.10 Å². The number of carbonyl (C=O) groups excluding carboxylic acids is 1. The first-order valence-corrected chi connectivity index (χ1v) is 7.87. The molecule has 0 aliphatic carbocycles. The highest BCUT2D eigenvalue weighted by atomic mass is 19.4. The first-order chi connectivity index (χ1) is 12.6. The van der Waals surface area contributed by atoms with Gasteiger partial charge in [-0.1, -0.05) is 5.92 Å². The zero-order valence-corrected chi connectivity index (χ0v) is 14.4. The fourth-order valence-corrected chi connectivity index (χ4v) is 2.79. The molecule has 140 valence electrons. The SMILES string of the molecule is C#CCN1C(=O)C(C)Oc2ccc(-n3ncc(C(F)(F)F)c(C)c3=O)cc21. The van der Waals surface area contributed by atoms with Crippen LogP contribution in [0.1, 0.15) is 18.1 Å². The molecule has 0 saturated heterocycles. The number of halogens is 3. The van der Waals surface area contributed by atoms with Crippen LogP contribution in [0.5, 0.6) is 5.75 Å². The number of fused-ring (bicyclic) bond motifs is 1. The Bertz CT molecular complexity index is 1020. The summed E-state index contributed by atoms with van der Waals surface area (Å²) in [6.45, 7) is 2.64. The number of ether oxygens (including phenoxy) is 1. The maximum absolute atomic E-state index is 12.9. The van der Waals surface area contributed by atoms with Crippen molar-refractivity contribution in [2.24, 2.45) is 0 Å². The van der Waals surface area contributed by atoms with Crippen molar-refractivity contribution >= 4 is 11.6 Å². The number of amides is 1. The lowest BCUT2D eigenvalue weighted by Crippen LogP contribution is -2.44. The molecule has 0 radical (unpaired) electrons. The van der Waals surface area contributed by atoms with Crippen LogP contribution < -0.4 is 15.2 Å².